The Bertz CT molecular complexity index is 651. The van der Waals surface area contributed by atoms with Gasteiger partial charge in [-0.1, -0.05) is 0 Å². The van der Waals surface area contributed by atoms with Crippen molar-refractivity contribution in [2.24, 2.45) is 7.05 Å². The normalized spacial score (nSPS) is 12.4. The third kappa shape index (κ3) is 1.76. The van der Waals surface area contributed by atoms with E-state index in [0.29, 0.717) is 10.2 Å². The van der Waals surface area contributed by atoms with Crippen molar-refractivity contribution in [1.29, 1.82) is 0 Å². The van der Waals surface area contributed by atoms with Crippen LogP contribution < -0.4 is 5.43 Å². The smallest absolute Gasteiger partial charge is 0.331 e. The second-order valence-corrected chi connectivity index (χ2v) is 5.17. The summed E-state index contributed by atoms with van der Waals surface area (Å²) in [6.45, 7) is 2.99. The minimum absolute atomic E-state index is 0.245. The number of rotatable bonds is 0. The molecule has 17 heavy (non-hydrogen) atoms. The summed E-state index contributed by atoms with van der Waals surface area (Å²) < 4.78 is 39.7. The van der Waals surface area contributed by atoms with Gasteiger partial charge in [0, 0.05) is 17.5 Å². The molecule has 0 saturated heterocycles. The predicted molar refractivity (Wildman–Crippen MR) is 61.5 cm³/mol. The fourth-order valence-electron chi connectivity index (χ4n) is 1.98. The lowest BCUT2D eigenvalue weighted by atomic mass is 10.1. The molecule has 0 bridgehead atoms. The van der Waals surface area contributed by atoms with Crippen molar-refractivity contribution < 1.29 is 13.2 Å². The minimum atomic E-state index is -4.51. The van der Waals surface area contributed by atoms with Gasteiger partial charge in [0.2, 0.25) is 0 Å². The Kier molecular flexibility index (Phi) is 2.57. The second kappa shape index (κ2) is 3.60. The van der Waals surface area contributed by atoms with Crippen LogP contribution in [0.25, 0.3) is 10.2 Å². The van der Waals surface area contributed by atoms with Crippen molar-refractivity contribution in [1.82, 2.24) is 4.57 Å². The predicted octanol–water partition coefficient (Wildman–Crippen LogP) is 3.24. The number of pyridine rings is 1. The van der Waals surface area contributed by atoms with Crippen LogP contribution in [-0.2, 0) is 13.2 Å². The molecule has 2 heterocycles. The molecule has 0 aliphatic carbocycles. The van der Waals surface area contributed by atoms with Crippen molar-refractivity contribution in [3.63, 3.8) is 0 Å². The summed E-state index contributed by atoms with van der Waals surface area (Å²) in [7, 11) is 1.34. The van der Waals surface area contributed by atoms with Gasteiger partial charge in [-0.25, -0.2) is 0 Å². The van der Waals surface area contributed by atoms with Gasteiger partial charge in [-0.05, 0) is 19.9 Å². The Balaban J connectivity index is 3.01. The lowest BCUT2D eigenvalue weighted by Gasteiger charge is -2.15. The van der Waals surface area contributed by atoms with Crippen LogP contribution in [0.2, 0.25) is 0 Å². The summed E-state index contributed by atoms with van der Waals surface area (Å²) in [6.07, 6.45) is -4.51. The zero-order valence-electron chi connectivity index (χ0n) is 9.47. The van der Waals surface area contributed by atoms with E-state index in [0.717, 1.165) is 9.44 Å². The highest BCUT2D eigenvalue weighted by Gasteiger charge is 2.37. The van der Waals surface area contributed by atoms with E-state index < -0.39 is 17.3 Å². The van der Waals surface area contributed by atoms with E-state index in [9.17, 15) is 18.0 Å². The van der Waals surface area contributed by atoms with Gasteiger partial charge < -0.3 is 4.57 Å². The van der Waals surface area contributed by atoms with Crippen molar-refractivity contribution in [2.45, 2.75) is 20.0 Å². The zero-order valence-corrected chi connectivity index (χ0v) is 10.3. The van der Waals surface area contributed by atoms with Crippen LogP contribution in [-0.4, -0.2) is 4.57 Å². The molecular formula is C11H10F3NOS. The lowest BCUT2D eigenvalue weighted by Crippen LogP contribution is -2.22. The molecule has 2 nitrogen and oxygen atoms in total. The van der Waals surface area contributed by atoms with Crippen LogP contribution in [0, 0.1) is 13.8 Å². The first-order chi connectivity index (χ1) is 7.73. The Morgan fingerprint density at radius 3 is 2.41 bits per heavy atom. The van der Waals surface area contributed by atoms with Gasteiger partial charge in [0.15, 0.2) is 5.43 Å². The number of thiophene rings is 1. The molecule has 6 heteroatoms. The number of halogens is 3. The molecule has 0 fully saturated rings. The number of alkyl halides is 3. The number of fused-ring (bicyclic) bond motifs is 1. The van der Waals surface area contributed by atoms with Crippen molar-refractivity contribution in [2.75, 3.05) is 0 Å². The van der Waals surface area contributed by atoms with E-state index in [-0.39, 0.29) is 5.56 Å². The standard InChI is InChI=1S/C11H10F3NOS/c1-5-4-7-8(16)6(2)9(11(12,13)14)15(3)10(7)17-5/h4H,1-3H3. The molecule has 0 aliphatic heterocycles. The highest BCUT2D eigenvalue weighted by atomic mass is 32.1. The third-order valence-corrected chi connectivity index (χ3v) is 3.81. The van der Waals surface area contributed by atoms with E-state index in [1.807, 2.05) is 0 Å². The molecular weight excluding hydrogens is 251 g/mol. The Morgan fingerprint density at radius 1 is 1.29 bits per heavy atom. The van der Waals surface area contributed by atoms with Crippen LogP contribution in [0.5, 0.6) is 0 Å². The maximum atomic E-state index is 12.9. The molecule has 0 unspecified atom stereocenters. The first-order valence-corrected chi connectivity index (χ1v) is 5.72. The quantitative estimate of drug-likeness (QED) is 0.713. The molecule has 2 aromatic heterocycles. The number of aryl methyl sites for hydroxylation is 2. The highest BCUT2D eigenvalue weighted by Crippen LogP contribution is 2.34. The maximum absolute atomic E-state index is 12.9. The van der Waals surface area contributed by atoms with Crippen LogP contribution in [0.1, 0.15) is 16.1 Å². The van der Waals surface area contributed by atoms with Gasteiger partial charge in [0.25, 0.3) is 0 Å². The van der Waals surface area contributed by atoms with E-state index in [4.69, 9.17) is 0 Å². The zero-order chi connectivity index (χ0) is 13.0. The Morgan fingerprint density at radius 2 is 1.88 bits per heavy atom. The van der Waals surface area contributed by atoms with Gasteiger partial charge in [-0.15, -0.1) is 11.3 Å². The fraction of sp³-hybridized carbons (Fsp3) is 0.364. The number of nitrogens with zero attached hydrogens (tertiary/aromatic N) is 1. The summed E-state index contributed by atoms with van der Waals surface area (Å²) in [5.74, 6) is 0. The van der Waals surface area contributed by atoms with E-state index in [1.54, 1.807) is 13.0 Å². The molecule has 2 aromatic rings. The van der Waals surface area contributed by atoms with Crippen LogP contribution >= 0.6 is 11.3 Å². The minimum Gasteiger partial charge on any atom is -0.331 e. The first-order valence-electron chi connectivity index (χ1n) is 4.90. The van der Waals surface area contributed by atoms with Gasteiger partial charge in [-0.3, -0.25) is 4.79 Å². The average Bonchev–Trinajstić information content (AvgIpc) is 2.55. The first kappa shape index (κ1) is 12.2. The summed E-state index contributed by atoms with van der Waals surface area (Å²) >= 11 is 1.19. The molecule has 0 amide bonds. The summed E-state index contributed by atoms with van der Waals surface area (Å²) in [5, 5.41) is 0.362. The van der Waals surface area contributed by atoms with Gasteiger partial charge in [0.1, 0.15) is 10.5 Å². The Hall–Kier alpha value is -1.30. The largest absolute Gasteiger partial charge is 0.431 e. The number of hydrogen-bond donors (Lipinski definition) is 0. The Labute approximate surface area is 99.3 Å². The molecule has 0 saturated carbocycles. The topological polar surface area (TPSA) is 22.0 Å². The third-order valence-electron chi connectivity index (χ3n) is 2.68. The number of hydrogen-bond acceptors (Lipinski definition) is 2. The fourth-order valence-corrected chi connectivity index (χ4v) is 2.95. The second-order valence-electron chi connectivity index (χ2n) is 3.94. The molecule has 0 atom stereocenters. The van der Waals surface area contributed by atoms with E-state index in [2.05, 4.69) is 0 Å². The molecule has 0 aliphatic rings. The van der Waals surface area contributed by atoms with E-state index in [1.165, 1.54) is 25.3 Å². The SMILES string of the molecule is Cc1cc2c(=O)c(C)c(C(F)(F)F)n(C)c2s1. The van der Waals surface area contributed by atoms with Crippen molar-refractivity contribution in [3.05, 3.63) is 32.4 Å². The van der Waals surface area contributed by atoms with Crippen LogP contribution in [0.4, 0.5) is 13.2 Å². The van der Waals surface area contributed by atoms with Crippen LogP contribution in [0.3, 0.4) is 0 Å². The van der Waals surface area contributed by atoms with Crippen molar-refractivity contribution >= 4 is 21.6 Å². The van der Waals surface area contributed by atoms with Crippen LogP contribution in [0.15, 0.2) is 10.9 Å². The lowest BCUT2D eigenvalue weighted by molar-refractivity contribution is -0.143. The van der Waals surface area contributed by atoms with E-state index >= 15 is 0 Å². The molecule has 0 spiro atoms. The molecule has 0 radical (unpaired) electrons. The molecule has 2 rings (SSSR count). The molecule has 92 valence electrons. The number of aromatic nitrogens is 1. The maximum Gasteiger partial charge on any atom is 0.431 e. The van der Waals surface area contributed by atoms with Gasteiger partial charge in [0.05, 0.1) is 5.39 Å². The average molecular weight is 261 g/mol. The highest BCUT2D eigenvalue weighted by molar-refractivity contribution is 7.18. The van der Waals surface area contributed by atoms with Gasteiger partial charge in [-0.2, -0.15) is 13.2 Å². The molecule has 0 aromatic carbocycles. The summed E-state index contributed by atoms with van der Waals surface area (Å²) in [5.41, 5.74) is -1.64. The summed E-state index contributed by atoms with van der Waals surface area (Å²) in [6, 6.07) is 1.63. The van der Waals surface area contributed by atoms with Crippen molar-refractivity contribution in [3.8, 4) is 0 Å². The molecule has 0 N–H and O–H groups in total. The summed E-state index contributed by atoms with van der Waals surface area (Å²) in [4.78, 5) is 13.0. The van der Waals surface area contributed by atoms with Gasteiger partial charge >= 0.3 is 6.18 Å². The monoisotopic (exact) mass is 261 g/mol.